The second kappa shape index (κ2) is 5.04. The first-order chi connectivity index (χ1) is 7.00. The molecule has 0 saturated carbocycles. The zero-order valence-corrected chi connectivity index (χ0v) is 9.64. The zero-order valence-electron chi connectivity index (χ0n) is 8.05. The third-order valence-electron chi connectivity index (χ3n) is 1.73. The molecule has 1 atom stereocenters. The molecule has 1 unspecified atom stereocenters. The summed E-state index contributed by atoms with van der Waals surface area (Å²) in [6.07, 6.45) is 2.64. The molecule has 1 N–H and O–H groups in total. The third kappa shape index (κ3) is 3.45. The van der Waals surface area contributed by atoms with E-state index in [0.29, 0.717) is 10.0 Å². The first kappa shape index (κ1) is 11.9. The van der Waals surface area contributed by atoms with Gasteiger partial charge in [0, 0.05) is 6.07 Å². The van der Waals surface area contributed by atoms with Crippen LogP contribution in [0.2, 0.25) is 0 Å². The summed E-state index contributed by atoms with van der Waals surface area (Å²) in [5, 5.41) is 19.6. The largest absolute Gasteiger partial charge is 0.389 e. The molecular weight excluding hydrogens is 262 g/mol. The van der Waals surface area contributed by atoms with Gasteiger partial charge in [0.2, 0.25) is 0 Å². The SMILES string of the molecule is CC(O)/C=C/c1ccc(Br)c([N+](=O)[O-])c1. The van der Waals surface area contributed by atoms with E-state index >= 15 is 0 Å². The molecule has 0 radical (unpaired) electrons. The Morgan fingerprint density at radius 2 is 2.27 bits per heavy atom. The lowest BCUT2D eigenvalue weighted by Crippen LogP contribution is -1.92. The number of nitro groups is 1. The van der Waals surface area contributed by atoms with Crippen LogP contribution in [0.15, 0.2) is 28.7 Å². The van der Waals surface area contributed by atoms with Gasteiger partial charge in [-0.2, -0.15) is 0 Å². The molecule has 15 heavy (non-hydrogen) atoms. The van der Waals surface area contributed by atoms with E-state index in [1.807, 2.05) is 0 Å². The highest BCUT2D eigenvalue weighted by atomic mass is 79.9. The molecule has 0 spiro atoms. The van der Waals surface area contributed by atoms with Crippen LogP contribution in [0.25, 0.3) is 6.08 Å². The van der Waals surface area contributed by atoms with Crippen molar-refractivity contribution in [2.45, 2.75) is 13.0 Å². The first-order valence-electron chi connectivity index (χ1n) is 4.31. The van der Waals surface area contributed by atoms with Gasteiger partial charge < -0.3 is 5.11 Å². The Labute approximate surface area is 95.5 Å². The fourth-order valence-corrected chi connectivity index (χ4v) is 1.42. The van der Waals surface area contributed by atoms with Crippen molar-refractivity contribution in [3.8, 4) is 0 Å². The van der Waals surface area contributed by atoms with Gasteiger partial charge in [0.15, 0.2) is 0 Å². The lowest BCUT2D eigenvalue weighted by Gasteiger charge is -1.98. The summed E-state index contributed by atoms with van der Waals surface area (Å²) < 4.78 is 0.446. The van der Waals surface area contributed by atoms with Crippen LogP contribution < -0.4 is 0 Å². The van der Waals surface area contributed by atoms with Crippen LogP contribution in [0, 0.1) is 10.1 Å². The quantitative estimate of drug-likeness (QED) is 0.679. The molecule has 5 heteroatoms. The lowest BCUT2D eigenvalue weighted by atomic mass is 10.2. The van der Waals surface area contributed by atoms with E-state index in [1.54, 1.807) is 31.2 Å². The van der Waals surface area contributed by atoms with Crippen LogP contribution in [-0.4, -0.2) is 16.1 Å². The predicted molar refractivity (Wildman–Crippen MR) is 61.5 cm³/mol. The minimum atomic E-state index is -0.562. The molecule has 0 aliphatic carbocycles. The highest BCUT2D eigenvalue weighted by Gasteiger charge is 2.10. The minimum absolute atomic E-state index is 0.0164. The summed E-state index contributed by atoms with van der Waals surface area (Å²) in [4.78, 5) is 10.2. The van der Waals surface area contributed by atoms with E-state index in [0.717, 1.165) is 0 Å². The van der Waals surface area contributed by atoms with Gasteiger partial charge >= 0.3 is 0 Å². The fourth-order valence-electron chi connectivity index (χ4n) is 1.02. The summed E-state index contributed by atoms with van der Waals surface area (Å²) in [6, 6.07) is 4.79. The van der Waals surface area contributed by atoms with Crippen molar-refractivity contribution in [2.24, 2.45) is 0 Å². The number of halogens is 1. The second-order valence-electron chi connectivity index (χ2n) is 3.07. The Morgan fingerprint density at radius 3 is 2.80 bits per heavy atom. The summed E-state index contributed by atoms with van der Waals surface area (Å²) in [7, 11) is 0. The van der Waals surface area contributed by atoms with E-state index < -0.39 is 11.0 Å². The molecule has 0 fully saturated rings. The topological polar surface area (TPSA) is 63.4 Å². The molecular formula is C10H10BrNO3. The summed E-state index contributed by atoms with van der Waals surface area (Å²) >= 11 is 3.10. The van der Waals surface area contributed by atoms with E-state index in [2.05, 4.69) is 15.9 Å². The van der Waals surface area contributed by atoms with Crippen LogP contribution in [0.4, 0.5) is 5.69 Å². The molecule has 1 aromatic rings. The van der Waals surface area contributed by atoms with E-state index in [4.69, 9.17) is 5.11 Å². The van der Waals surface area contributed by atoms with Gasteiger partial charge in [-0.3, -0.25) is 10.1 Å². The van der Waals surface area contributed by atoms with Gasteiger partial charge in [0.1, 0.15) is 0 Å². The van der Waals surface area contributed by atoms with Crippen molar-refractivity contribution >= 4 is 27.7 Å². The van der Waals surface area contributed by atoms with Gasteiger partial charge in [0.25, 0.3) is 5.69 Å². The van der Waals surface area contributed by atoms with Crippen LogP contribution in [0.3, 0.4) is 0 Å². The van der Waals surface area contributed by atoms with E-state index in [-0.39, 0.29) is 5.69 Å². The van der Waals surface area contributed by atoms with Gasteiger partial charge in [-0.15, -0.1) is 0 Å². The monoisotopic (exact) mass is 271 g/mol. The van der Waals surface area contributed by atoms with Crippen LogP contribution >= 0.6 is 15.9 Å². The number of benzene rings is 1. The number of aliphatic hydroxyl groups excluding tert-OH is 1. The van der Waals surface area contributed by atoms with Gasteiger partial charge in [-0.25, -0.2) is 0 Å². The average molecular weight is 272 g/mol. The lowest BCUT2D eigenvalue weighted by molar-refractivity contribution is -0.385. The van der Waals surface area contributed by atoms with Gasteiger partial charge in [-0.1, -0.05) is 18.2 Å². The maximum Gasteiger partial charge on any atom is 0.284 e. The van der Waals surface area contributed by atoms with Crippen molar-refractivity contribution in [3.63, 3.8) is 0 Å². The van der Waals surface area contributed by atoms with Crippen molar-refractivity contribution in [1.82, 2.24) is 0 Å². The molecule has 0 bridgehead atoms. The van der Waals surface area contributed by atoms with Gasteiger partial charge in [0.05, 0.1) is 15.5 Å². The Balaban J connectivity index is 3.03. The van der Waals surface area contributed by atoms with Crippen molar-refractivity contribution in [1.29, 1.82) is 0 Å². The molecule has 0 heterocycles. The summed E-state index contributed by atoms with van der Waals surface area (Å²) in [5.74, 6) is 0. The first-order valence-corrected chi connectivity index (χ1v) is 5.10. The predicted octanol–water partition coefficient (Wildman–Crippen LogP) is 2.75. The fraction of sp³-hybridized carbons (Fsp3) is 0.200. The van der Waals surface area contributed by atoms with Crippen molar-refractivity contribution in [3.05, 3.63) is 44.4 Å². The zero-order chi connectivity index (χ0) is 11.4. The molecule has 4 nitrogen and oxygen atoms in total. The molecule has 1 aromatic carbocycles. The molecule has 80 valence electrons. The van der Waals surface area contributed by atoms with Gasteiger partial charge in [-0.05, 0) is 34.5 Å². The Kier molecular flexibility index (Phi) is 3.99. The number of nitro benzene ring substituents is 1. The smallest absolute Gasteiger partial charge is 0.284 e. The highest BCUT2D eigenvalue weighted by Crippen LogP contribution is 2.26. The second-order valence-corrected chi connectivity index (χ2v) is 3.92. The van der Waals surface area contributed by atoms with Crippen molar-refractivity contribution in [2.75, 3.05) is 0 Å². The number of hydrogen-bond acceptors (Lipinski definition) is 3. The molecule has 0 aromatic heterocycles. The summed E-state index contributed by atoms with van der Waals surface area (Å²) in [5.41, 5.74) is 0.702. The number of rotatable bonds is 3. The Hall–Kier alpha value is -1.20. The van der Waals surface area contributed by atoms with Crippen molar-refractivity contribution < 1.29 is 10.0 Å². The summed E-state index contributed by atoms with van der Waals surface area (Å²) in [6.45, 7) is 1.61. The van der Waals surface area contributed by atoms with E-state index in [9.17, 15) is 10.1 Å². The molecule has 1 rings (SSSR count). The molecule has 0 amide bonds. The molecule has 0 saturated heterocycles. The standard InChI is InChI=1S/C10H10BrNO3/c1-7(13)2-3-8-4-5-9(11)10(6-8)12(14)15/h2-7,13H,1H3/b3-2+. The average Bonchev–Trinajstić information content (AvgIpc) is 2.16. The maximum absolute atomic E-state index is 10.6. The minimum Gasteiger partial charge on any atom is -0.389 e. The van der Waals surface area contributed by atoms with Crippen LogP contribution in [-0.2, 0) is 0 Å². The number of aliphatic hydroxyl groups is 1. The number of nitrogens with zero attached hydrogens (tertiary/aromatic N) is 1. The Morgan fingerprint density at radius 1 is 1.60 bits per heavy atom. The maximum atomic E-state index is 10.6. The molecule has 0 aliphatic heterocycles. The third-order valence-corrected chi connectivity index (χ3v) is 2.40. The highest BCUT2D eigenvalue weighted by molar-refractivity contribution is 9.10. The normalized spacial score (nSPS) is 13.0. The Bertz CT molecular complexity index is 402. The van der Waals surface area contributed by atoms with Crippen LogP contribution in [0.1, 0.15) is 12.5 Å². The molecule has 0 aliphatic rings. The number of hydrogen-bond donors (Lipinski definition) is 1. The van der Waals surface area contributed by atoms with E-state index in [1.165, 1.54) is 6.07 Å². The van der Waals surface area contributed by atoms with Crippen LogP contribution in [0.5, 0.6) is 0 Å².